The maximum atomic E-state index is 12.6. The topological polar surface area (TPSA) is 66.6 Å². The van der Waals surface area contributed by atoms with Crippen LogP contribution in [0.1, 0.15) is 42.5 Å². The molecule has 0 aromatic heterocycles. The zero-order valence-corrected chi connectivity index (χ0v) is 14.8. The predicted octanol–water partition coefficient (Wildman–Crippen LogP) is 2.56. The Morgan fingerprint density at radius 2 is 1.83 bits per heavy atom. The van der Waals surface area contributed by atoms with Crippen LogP contribution in [0.4, 0.5) is 5.69 Å². The van der Waals surface area contributed by atoms with Crippen molar-refractivity contribution >= 4 is 29.9 Å². The van der Waals surface area contributed by atoms with Gasteiger partial charge in [-0.2, -0.15) is 0 Å². The summed E-state index contributed by atoms with van der Waals surface area (Å²) in [5.74, 6) is 0.830. The molecule has 2 aliphatic heterocycles. The molecule has 0 unspecified atom stereocenters. The highest BCUT2D eigenvalue weighted by Crippen LogP contribution is 2.23. The zero-order chi connectivity index (χ0) is 16.2. The standard InChI is InChI=1S/C18H25N3O2.ClH/c19-16-6-2-1-5-15(16)18(23)20-11-8-14(9-12-20)13-21-10-4-3-7-17(21)22;/h1-2,5-6,14H,3-4,7-13,19H2;1H. The Kier molecular flexibility index (Phi) is 6.49. The van der Waals surface area contributed by atoms with Crippen molar-refractivity contribution in [1.82, 2.24) is 9.80 Å². The number of hydrogen-bond donors (Lipinski definition) is 1. The van der Waals surface area contributed by atoms with Gasteiger partial charge >= 0.3 is 0 Å². The molecule has 2 amide bonds. The molecule has 2 heterocycles. The average molecular weight is 352 g/mol. The molecule has 6 heteroatoms. The fraction of sp³-hybridized carbons (Fsp3) is 0.556. The molecule has 0 spiro atoms. The lowest BCUT2D eigenvalue weighted by Gasteiger charge is -2.36. The predicted molar refractivity (Wildman–Crippen MR) is 97.2 cm³/mol. The van der Waals surface area contributed by atoms with Crippen LogP contribution < -0.4 is 5.73 Å². The number of amides is 2. The molecular weight excluding hydrogens is 326 g/mol. The first-order chi connectivity index (χ1) is 11.1. The van der Waals surface area contributed by atoms with Gasteiger partial charge in [0.05, 0.1) is 5.56 Å². The lowest BCUT2D eigenvalue weighted by molar-refractivity contribution is -0.134. The summed E-state index contributed by atoms with van der Waals surface area (Å²) < 4.78 is 0. The summed E-state index contributed by atoms with van der Waals surface area (Å²) in [5.41, 5.74) is 7.04. The Labute approximate surface area is 149 Å². The van der Waals surface area contributed by atoms with Crippen molar-refractivity contribution in [3.8, 4) is 0 Å². The maximum Gasteiger partial charge on any atom is 0.255 e. The summed E-state index contributed by atoms with van der Waals surface area (Å²) in [7, 11) is 0. The number of nitrogens with two attached hydrogens (primary N) is 1. The molecule has 0 bridgehead atoms. The summed E-state index contributed by atoms with van der Waals surface area (Å²) >= 11 is 0. The van der Waals surface area contributed by atoms with Crippen molar-refractivity contribution in [3.63, 3.8) is 0 Å². The number of para-hydroxylation sites is 1. The van der Waals surface area contributed by atoms with Crippen LogP contribution in [0.15, 0.2) is 24.3 Å². The number of carbonyl (C=O) groups is 2. The van der Waals surface area contributed by atoms with E-state index in [0.29, 0.717) is 29.5 Å². The molecule has 0 saturated carbocycles. The number of nitrogens with zero attached hydrogens (tertiary/aromatic N) is 2. The Morgan fingerprint density at radius 3 is 2.50 bits per heavy atom. The van der Waals surface area contributed by atoms with Crippen molar-refractivity contribution in [2.24, 2.45) is 5.92 Å². The van der Waals surface area contributed by atoms with Gasteiger partial charge in [0.2, 0.25) is 5.91 Å². The zero-order valence-electron chi connectivity index (χ0n) is 13.9. The molecule has 24 heavy (non-hydrogen) atoms. The molecule has 0 radical (unpaired) electrons. The number of likely N-dealkylation sites (tertiary alicyclic amines) is 2. The largest absolute Gasteiger partial charge is 0.398 e. The molecule has 1 aromatic rings. The molecule has 1 aromatic carbocycles. The van der Waals surface area contributed by atoms with Gasteiger partial charge < -0.3 is 15.5 Å². The van der Waals surface area contributed by atoms with Gasteiger partial charge in [0, 0.05) is 38.3 Å². The van der Waals surface area contributed by atoms with E-state index in [9.17, 15) is 9.59 Å². The van der Waals surface area contributed by atoms with Gasteiger partial charge in [-0.1, -0.05) is 12.1 Å². The van der Waals surface area contributed by atoms with Crippen molar-refractivity contribution < 1.29 is 9.59 Å². The summed E-state index contributed by atoms with van der Waals surface area (Å²) in [4.78, 5) is 28.4. The van der Waals surface area contributed by atoms with Crippen LogP contribution in [0, 0.1) is 5.92 Å². The highest BCUT2D eigenvalue weighted by atomic mass is 35.5. The van der Waals surface area contributed by atoms with Crippen molar-refractivity contribution in [1.29, 1.82) is 0 Å². The maximum absolute atomic E-state index is 12.6. The van der Waals surface area contributed by atoms with Crippen LogP contribution >= 0.6 is 12.4 Å². The summed E-state index contributed by atoms with van der Waals surface area (Å²) in [5, 5.41) is 0. The highest BCUT2D eigenvalue weighted by molar-refractivity contribution is 5.99. The number of rotatable bonds is 3. The van der Waals surface area contributed by atoms with Gasteiger partial charge in [-0.3, -0.25) is 9.59 Å². The average Bonchev–Trinajstić information content (AvgIpc) is 2.57. The SMILES string of the molecule is Cl.Nc1ccccc1C(=O)N1CCC(CN2CCCCC2=O)CC1. The summed E-state index contributed by atoms with van der Waals surface area (Å²) in [6.07, 6.45) is 4.77. The normalized spacial score (nSPS) is 19.1. The third-order valence-corrected chi connectivity index (χ3v) is 4.99. The first-order valence-electron chi connectivity index (χ1n) is 8.56. The fourth-order valence-corrected chi connectivity index (χ4v) is 3.55. The van der Waals surface area contributed by atoms with Crippen LogP contribution in [0.3, 0.4) is 0 Å². The summed E-state index contributed by atoms with van der Waals surface area (Å²) in [6, 6.07) is 7.24. The van der Waals surface area contributed by atoms with Crippen LogP contribution in [0.25, 0.3) is 0 Å². The second-order valence-corrected chi connectivity index (χ2v) is 6.62. The quantitative estimate of drug-likeness (QED) is 0.851. The monoisotopic (exact) mass is 351 g/mol. The molecule has 132 valence electrons. The first kappa shape index (κ1) is 18.6. The minimum atomic E-state index is 0. The van der Waals surface area contributed by atoms with E-state index < -0.39 is 0 Å². The van der Waals surface area contributed by atoms with Crippen molar-refractivity contribution in [2.45, 2.75) is 32.1 Å². The first-order valence-corrected chi connectivity index (χ1v) is 8.56. The van der Waals surface area contributed by atoms with Crippen LogP contribution in [0.5, 0.6) is 0 Å². The van der Waals surface area contributed by atoms with E-state index >= 15 is 0 Å². The third kappa shape index (κ3) is 4.20. The van der Waals surface area contributed by atoms with E-state index in [1.807, 2.05) is 21.9 Å². The second-order valence-electron chi connectivity index (χ2n) is 6.62. The Hall–Kier alpha value is -1.75. The fourth-order valence-electron chi connectivity index (χ4n) is 3.55. The van der Waals surface area contributed by atoms with E-state index in [1.165, 1.54) is 0 Å². The Bertz CT molecular complexity index is 585. The van der Waals surface area contributed by atoms with E-state index in [0.717, 1.165) is 51.9 Å². The van der Waals surface area contributed by atoms with Gasteiger partial charge in [0.25, 0.3) is 5.91 Å². The van der Waals surface area contributed by atoms with E-state index in [4.69, 9.17) is 5.73 Å². The molecule has 0 atom stereocenters. The molecule has 0 aliphatic carbocycles. The van der Waals surface area contributed by atoms with E-state index in [2.05, 4.69) is 0 Å². The van der Waals surface area contributed by atoms with Gasteiger partial charge in [0.1, 0.15) is 0 Å². The third-order valence-electron chi connectivity index (χ3n) is 4.99. The van der Waals surface area contributed by atoms with E-state index in [-0.39, 0.29) is 18.3 Å². The molecule has 3 rings (SSSR count). The number of anilines is 1. The lowest BCUT2D eigenvalue weighted by Crippen LogP contribution is -2.44. The Balaban J connectivity index is 0.00000208. The molecule has 2 fully saturated rings. The van der Waals surface area contributed by atoms with Crippen molar-refractivity contribution in [2.75, 3.05) is 31.9 Å². The van der Waals surface area contributed by atoms with Gasteiger partial charge in [-0.05, 0) is 43.7 Å². The highest BCUT2D eigenvalue weighted by Gasteiger charge is 2.27. The van der Waals surface area contributed by atoms with Crippen LogP contribution in [-0.4, -0.2) is 47.8 Å². The number of nitrogen functional groups attached to an aromatic ring is 1. The lowest BCUT2D eigenvalue weighted by atomic mass is 9.94. The number of benzene rings is 1. The van der Waals surface area contributed by atoms with Crippen LogP contribution in [0.2, 0.25) is 0 Å². The minimum absolute atomic E-state index is 0. The second kappa shape index (κ2) is 8.38. The smallest absolute Gasteiger partial charge is 0.255 e. The molecule has 2 aliphatic rings. The van der Waals surface area contributed by atoms with Gasteiger partial charge in [-0.25, -0.2) is 0 Å². The number of halogens is 1. The summed E-state index contributed by atoms with van der Waals surface area (Å²) in [6.45, 7) is 3.26. The molecular formula is C18H26ClN3O2. The Morgan fingerprint density at radius 1 is 1.12 bits per heavy atom. The van der Waals surface area contributed by atoms with Crippen molar-refractivity contribution in [3.05, 3.63) is 29.8 Å². The number of carbonyl (C=O) groups excluding carboxylic acids is 2. The van der Waals surface area contributed by atoms with Gasteiger partial charge in [-0.15, -0.1) is 12.4 Å². The molecule has 5 nitrogen and oxygen atoms in total. The van der Waals surface area contributed by atoms with Gasteiger partial charge in [0.15, 0.2) is 0 Å². The minimum Gasteiger partial charge on any atom is -0.398 e. The number of piperidine rings is 2. The number of hydrogen-bond acceptors (Lipinski definition) is 3. The molecule has 2 N–H and O–H groups in total. The molecule has 2 saturated heterocycles. The van der Waals surface area contributed by atoms with Crippen LogP contribution in [-0.2, 0) is 4.79 Å². The van der Waals surface area contributed by atoms with E-state index in [1.54, 1.807) is 12.1 Å².